The van der Waals surface area contributed by atoms with Gasteiger partial charge in [-0.2, -0.15) is 0 Å². The lowest BCUT2D eigenvalue weighted by Crippen LogP contribution is -2.17. The lowest BCUT2D eigenvalue weighted by atomic mass is 9.95. The Kier molecular flexibility index (Phi) is 7.91. The maximum absolute atomic E-state index is 13.8. The smallest absolute Gasteiger partial charge is 0.341 e. The van der Waals surface area contributed by atoms with Gasteiger partial charge in [-0.25, -0.2) is 9.18 Å². The fourth-order valence-electron chi connectivity index (χ4n) is 3.49. The van der Waals surface area contributed by atoms with Crippen LogP contribution in [0.1, 0.15) is 50.9 Å². The molecule has 0 saturated carbocycles. The number of halogens is 1. The number of ether oxygens (including phenoxy) is 1. The summed E-state index contributed by atoms with van der Waals surface area (Å²) in [6.45, 7) is 2.01. The Morgan fingerprint density at radius 2 is 1.91 bits per heavy atom. The fraction of sp³-hybridized carbons (Fsp3) is 0.318. The number of esters is 1. The summed E-state index contributed by atoms with van der Waals surface area (Å²) < 4.78 is 19.4. The molecule has 1 aliphatic carbocycles. The molecule has 3 aromatic rings. The van der Waals surface area contributed by atoms with Crippen LogP contribution in [0, 0.1) is 5.82 Å². The van der Waals surface area contributed by atoms with Gasteiger partial charge in [0.15, 0.2) is 4.34 Å². The maximum atomic E-state index is 13.8. The highest BCUT2D eigenvalue weighted by molar-refractivity contribution is 8.01. The molecule has 12 heteroatoms. The average Bonchev–Trinajstić information content (AvgIpc) is 3.41. The summed E-state index contributed by atoms with van der Waals surface area (Å²) in [4.78, 5) is 38.5. The number of nitrogens with zero attached hydrogens (tertiary/aromatic N) is 2. The first-order valence-corrected chi connectivity index (χ1v) is 13.2. The summed E-state index contributed by atoms with van der Waals surface area (Å²) in [6, 6.07) is 5.64. The van der Waals surface area contributed by atoms with Crippen molar-refractivity contribution in [3.8, 4) is 0 Å². The van der Waals surface area contributed by atoms with Gasteiger partial charge in [0.1, 0.15) is 10.8 Å². The number of carbonyl (C=O) groups excluding carboxylic acids is 3. The third kappa shape index (κ3) is 5.62. The van der Waals surface area contributed by atoms with Crippen molar-refractivity contribution in [2.75, 3.05) is 23.0 Å². The van der Waals surface area contributed by atoms with Crippen LogP contribution in [0.2, 0.25) is 0 Å². The number of rotatable bonds is 8. The molecule has 0 atom stereocenters. The van der Waals surface area contributed by atoms with Crippen molar-refractivity contribution >= 4 is 62.4 Å². The Labute approximate surface area is 207 Å². The van der Waals surface area contributed by atoms with Crippen LogP contribution in [0.4, 0.5) is 14.5 Å². The lowest BCUT2D eigenvalue weighted by Gasteiger charge is -2.12. The Hall–Kier alpha value is -2.83. The molecule has 2 heterocycles. The summed E-state index contributed by atoms with van der Waals surface area (Å²) in [7, 11) is 0. The zero-order valence-electron chi connectivity index (χ0n) is 18.2. The van der Waals surface area contributed by atoms with Crippen LogP contribution >= 0.6 is 34.4 Å². The molecule has 34 heavy (non-hydrogen) atoms. The number of amides is 2. The number of carbonyl (C=O) groups is 3. The van der Waals surface area contributed by atoms with Crippen LogP contribution in [0.5, 0.6) is 0 Å². The number of hydrogen-bond donors (Lipinski definition) is 2. The lowest BCUT2D eigenvalue weighted by molar-refractivity contribution is -0.113. The molecule has 4 rings (SSSR count). The van der Waals surface area contributed by atoms with Crippen LogP contribution in [0.15, 0.2) is 28.6 Å². The molecule has 178 valence electrons. The van der Waals surface area contributed by atoms with Gasteiger partial charge in [-0.15, -0.1) is 21.5 Å². The minimum Gasteiger partial charge on any atom is -0.462 e. The Morgan fingerprint density at radius 1 is 1.12 bits per heavy atom. The molecule has 1 aliphatic rings. The molecule has 0 fully saturated rings. The standard InChI is InChI=1S/C22H21FN4O4S3/c1-2-31-20(30)17-13-8-4-6-10-15(13)33-19(17)24-16(28)11-32-22-27-26-21(34-22)25-18(29)12-7-3-5-9-14(12)23/h3,5,7,9H,2,4,6,8,10-11H2,1H3,(H,24,28)(H,25,26,29). The number of aryl methyl sites for hydroxylation is 1. The summed E-state index contributed by atoms with van der Waals surface area (Å²) in [5, 5.41) is 13.9. The molecule has 0 saturated heterocycles. The van der Waals surface area contributed by atoms with E-state index in [4.69, 9.17) is 4.74 Å². The third-order valence-electron chi connectivity index (χ3n) is 4.98. The van der Waals surface area contributed by atoms with Crippen molar-refractivity contribution < 1.29 is 23.5 Å². The van der Waals surface area contributed by atoms with E-state index in [-0.39, 0.29) is 29.0 Å². The largest absolute Gasteiger partial charge is 0.462 e. The normalized spacial score (nSPS) is 12.6. The maximum Gasteiger partial charge on any atom is 0.341 e. The van der Waals surface area contributed by atoms with Crippen LogP contribution in [-0.4, -0.2) is 40.3 Å². The first kappa shape index (κ1) is 24.3. The van der Waals surface area contributed by atoms with Gasteiger partial charge in [-0.1, -0.05) is 35.2 Å². The number of hydrogen-bond acceptors (Lipinski definition) is 9. The second-order valence-electron chi connectivity index (χ2n) is 7.28. The topological polar surface area (TPSA) is 110 Å². The van der Waals surface area contributed by atoms with Crippen molar-refractivity contribution in [1.82, 2.24) is 10.2 Å². The number of thiophene rings is 1. The molecule has 0 unspecified atom stereocenters. The minimum absolute atomic E-state index is 0.0424. The van der Waals surface area contributed by atoms with Gasteiger partial charge in [0.05, 0.1) is 23.5 Å². The number of fused-ring (bicyclic) bond motifs is 1. The highest BCUT2D eigenvalue weighted by Gasteiger charge is 2.27. The van der Waals surface area contributed by atoms with Gasteiger partial charge in [-0.05, 0) is 50.3 Å². The van der Waals surface area contributed by atoms with Crippen molar-refractivity contribution in [3.63, 3.8) is 0 Å². The third-order valence-corrected chi connectivity index (χ3v) is 8.16. The Bertz CT molecular complexity index is 1230. The molecule has 0 spiro atoms. The van der Waals surface area contributed by atoms with Crippen molar-refractivity contribution in [3.05, 3.63) is 51.7 Å². The van der Waals surface area contributed by atoms with Crippen LogP contribution in [0.3, 0.4) is 0 Å². The predicted molar refractivity (Wildman–Crippen MR) is 131 cm³/mol. The summed E-state index contributed by atoms with van der Waals surface area (Å²) in [5.41, 5.74) is 1.35. The second-order valence-corrected chi connectivity index (χ2v) is 10.6. The molecule has 2 N–H and O–H groups in total. The summed E-state index contributed by atoms with van der Waals surface area (Å²) in [6.07, 6.45) is 3.76. The fourth-order valence-corrected chi connectivity index (χ4v) is 6.33. The van der Waals surface area contributed by atoms with Gasteiger partial charge >= 0.3 is 5.97 Å². The molecule has 0 radical (unpaired) electrons. The monoisotopic (exact) mass is 520 g/mol. The highest BCUT2D eigenvalue weighted by atomic mass is 32.2. The molecular weight excluding hydrogens is 499 g/mol. The molecule has 2 amide bonds. The molecule has 0 aliphatic heterocycles. The molecule has 1 aromatic carbocycles. The molecule has 8 nitrogen and oxygen atoms in total. The van der Waals surface area contributed by atoms with E-state index in [1.54, 1.807) is 13.0 Å². The number of aromatic nitrogens is 2. The number of anilines is 2. The van der Waals surface area contributed by atoms with Crippen LogP contribution in [-0.2, 0) is 22.4 Å². The van der Waals surface area contributed by atoms with Crippen molar-refractivity contribution in [2.24, 2.45) is 0 Å². The number of thioether (sulfide) groups is 1. The van der Waals surface area contributed by atoms with E-state index in [2.05, 4.69) is 20.8 Å². The van der Waals surface area contributed by atoms with E-state index >= 15 is 0 Å². The van der Waals surface area contributed by atoms with Gasteiger partial charge < -0.3 is 10.1 Å². The molecule has 2 aromatic heterocycles. The van der Waals surface area contributed by atoms with E-state index in [0.29, 0.717) is 14.9 Å². The first-order valence-electron chi connectivity index (χ1n) is 10.6. The van der Waals surface area contributed by atoms with Crippen molar-refractivity contribution in [2.45, 2.75) is 36.9 Å². The Balaban J connectivity index is 1.37. The summed E-state index contributed by atoms with van der Waals surface area (Å²) >= 11 is 3.66. The second kappa shape index (κ2) is 11.1. The van der Waals surface area contributed by atoms with Gasteiger partial charge in [0.2, 0.25) is 11.0 Å². The first-order chi connectivity index (χ1) is 16.5. The van der Waals surface area contributed by atoms with Gasteiger partial charge in [-0.3, -0.25) is 14.9 Å². The minimum atomic E-state index is -0.631. The Morgan fingerprint density at radius 3 is 2.71 bits per heavy atom. The number of nitrogens with one attached hydrogen (secondary N) is 2. The molecule has 0 bridgehead atoms. The van der Waals surface area contributed by atoms with Crippen molar-refractivity contribution in [1.29, 1.82) is 0 Å². The highest BCUT2D eigenvalue weighted by Crippen LogP contribution is 2.38. The van der Waals surface area contributed by atoms with E-state index < -0.39 is 17.7 Å². The zero-order valence-corrected chi connectivity index (χ0v) is 20.6. The predicted octanol–water partition coefficient (Wildman–Crippen LogP) is 4.78. The SMILES string of the molecule is CCOC(=O)c1c(NC(=O)CSc2nnc(NC(=O)c3ccccc3F)s2)sc2c1CCCC2. The van der Waals surface area contributed by atoms with Crippen LogP contribution < -0.4 is 10.6 Å². The molecular formula is C22H21FN4O4S3. The van der Waals surface area contributed by atoms with Crippen LogP contribution in [0.25, 0.3) is 0 Å². The zero-order chi connectivity index (χ0) is 24.1. The van der Waals surface area contributed by atoms with E-state index in [1.165, 1.54) is 29.5 Å². The van der Waals surface area contributed by atoms with E-state index in [1.807, 2.05) is 0 Å². The average molecular weight is 521 g/mol. The number of benzene rings is 1. The van der Waals surface area contributed by atoms with Gasteiger partial charge in [0, 0.05) is 4.88 Å². The quantitative estimate of drug-likeness (QED) is 0.250. The van der Waals surface area contributed by atoms with Gasteiger partial charge in [0.25, 0.3) is 5.91 Å². The van der Waals surface area contributed by atoms with E-state index in [9.17, 15) is 18.8 Å². The summed E-state index contributed by atoms with van der Waals surface area (Å²) in [5.74, 6) is -1.92. The van der Waals surface area contributed by atoms with E-state index in [0.717, 1.165) is 59.2 Å².